The highest BCUT2D eigenvalue weighted by Gasteiger charge is 2.10. The van der Waals surface area contributed by atoms with Gasteiger partial charge in [-0.2, -0.15) is 0 Å². The van der Waals surface area contributed by atoms with Crippen molar-refractivity contribution in [3.05, 3.63) is 27.7 Å². The molecule has 1 radical (unpaired) electrons. The van der Waals surface area contributed by atoms with Crippen LogP contribution in [0.2, 0.25) is 10.0 Å². The van der Waals surface area contributed by atoms with E-state index in [2.05, 4.69) is 0 Å². The zero-order valence-corrected chi connectivity index (χ0v) is 7.41. The van der Waals surface area contributed by atoms with Crippen molar-refractivity contribution in [3.63, 3.8) is 0 Å². The van der Waals surface area contributed by atoms with E-state index < -0.39 is 5.91 Å². The fourth-order valence-corrected chi connectivity index (χ4v) is 1.26. The molecule has 1 rings (SSSR count). The van der Waals surface area contributed by atoms with Gasteiger partial charge in [0.25, 0.3) is 5.91 Å². The van der Waals surface area contributed by atoms with Crippen molar-refractivity contribution in [2.45, 2.75) is 0 Å². The van der Waals surface area contributed by atoms with Crippen molar-refractivity contribution in [1.82, 2.24) is 5.73 Å². The minimum atomic E-state index is -0.704. The Bertz CT molecular complexity index is 338. The van der Waals surface area contributed by atoms with Crippen LogP contribution in [0.15, 0.2) is 12.1 Å². The van der Waals surface area contributed by atoms with E-state index in [4.69, 9.17) is 34.7 Å². The summed E-state index contributed by atoms with van der Waals surface area (Å²) in [6, 6.07) is 2.70. The van der Waals surface area contributed by atoms with Crippen LogP contribution in [-0.4, -0.2) is 5.91 Å². The fourth-order valence-electron chi connectivity index (χ4n) is 0.768. The molecule has 12 heavy (non-hydrogen) atoms. The highest BCUT2D eigenvalue weighted by molar-refractivity contribution is 6.37. The summed E-state index contributed by atoms with van der Waals surface area (Å²) < 4.78 is 0. The Balaban J connectivity index is 3.37. The molecule has 0 unspecified atom stereocenters. The summed E-state index contributed by atoms with van der Waals surface area (Å²) in [6.45, 7) is 0. The summed E-state index contributed by atoms with van der Waals surface area (Å²) in [5.74, 6) is -0.704. The molecule has 0 aliphatic rings. The Labute approximate surface area is 79.2 Å². The molecule has 0 aliphatic heterocycles. The quantitative estimate of drug-likeness (QED) is 0.746. The third-order valence-electron chi connectivity index (χ3n) is 1.32. The molecule has 0 atom stereocenters. The molecule has 3 N–H and O–H groups in total. The molecule has 0 bridgehead atoms. The second kappa shape index (κ2) is 3.21. The monoisotopic (exact) mass is 203 g/mol. The molecule has 1 aromatic rings. The lowest BCUT2D eigenvalue weighted by atomic mass is 10.2. The van der Waals surface area contributed by atoms with Crippen molar-refractivity contribution in [3.8, 4) is 0 Å². The number of primary amides is 1. The zero-order valence-electron chi connectivity index (χ0n) is 5.90. The Kier molecular flexibility index (Phi) is 2.45. The average Bonchev–Trinajstić information content (AvgIpc) is 1.96. The van der Waals surface area contributed by atoms with Gasteiger partial charge in [-0.3, -0.25) is 10.5 Å². The number of carbonyl (C=O) groups is 1. The van der Waals surface area contributed by atoms with Crippen LogP contribution in [0.1, 0.15) is 10.4 Å². The van der Waals surface area contributed by atoms with Gasteiger partial charge in [-0.15, -0.1) is 0 Å². The zero-order chi connectivity index (χ0) is 9.30. The number of hydrogen-bond donors (Lipinski definition) is 1. The molecule has 3 nitrogen and oxygen atoms in total. The number of amides is 1. The molecule has 1 aromatic carbocycles. The van der Waals surface area contributed by atoms with Gasteiger partial charge < -0.3 is 5.73 Å². The first kappa shape index (κ1) is 9.16. The molecular weight excluding hydrogens is 199 g/mol. The molecule has 0 saturated heterocycles. The second-order valence-electron chi connectivity index (χ2n) is 2.17. The van der Waals surface area contributed by atoms with Crippen molar-refractivity contribution >= 4 is 34.8 Å². The molecule has 0 aliphatic carbocycles. The predicted octanol–water partition coefficient (Wildman–Crippen LogP) is 2.01. The third-order valence-corrected chi connectivity index (χ3v) is 1.84. The summed E-state index contributed by atoms with van der Waals surface area (Å²) in [5.41, 5.74) is 12.3. The Morgan fingerprint density at radius 1 is 1.42 bits per heavy atom. The van der Waals surface area contributed by atoms with Gasteiger partial charge >= 0.3 is 0 Å². The molecule has 0 heterocycles. The maximum atomic E-state index is 10.7. The van der Waals surface area contributed by atoms with Crippen LogP contribution in [0.4, 0.5) is 5.69 Å². The van der Waals surface area contributed by atoms with E-state index in [1.54, 1.807) is 0 Å². The first-order valence-corrected chi connectivity index (χ1v) is 3.78. The maximum Gasteiger partial charge on any atom is 0.250 e. The molecule has 0 aromatic heterocycles. The summed E-state index contributed by atoms with van der Waals surface area (Å²) in [5, 5.41) is 0.418. The van der Waals surface area contributed by atoms with E-state index in [0.29, 0.717) is 5.02 Å². The first-order valence-electron chi connectivity index (χ1n) is 3.03. The van der Waals surface area contributed by atoms with Crippen LogP contribution in [-0.2, 0) is 0 Å². The number of nitrogens with one attached hydrogen (secondary N) is 1. The number of hydrogen-bond acceptors (Lipinski definition) is 1. The van der Waals surface area contributed by atoms with Gasteiger partial charge in [0, 0.05) is 5.02 Å². The second-order valence-corrected chi connectivity index (χ2v) is 3.02. The van der Waals surface area contributed by atoms with Crippen LogP contribution in [0.25, 0.3) is 0 Å². The normalized spacial score (nSPS) is 9.83. The van der Waals surface area contributed by atoms with Crippen LogP contribution in [0.3, 0.4) is 0 Å². The van der Waals surface area contributed by atoms with Gasteiger partial charge in [-0.05, 0) is 12.1 Å². The smallest absolute Gasteiger partial charge is 0.250 e. The highest BCUT2D eigenvalue weighted by atomic mass is 35.5. The lowest BCUT2D eigenvalue weighted by molar-refractivity contribution is 0.100. The highest BCUT2D eigenvalue weighted by Crippen LogP contribution is 2.28. The summed E-state index contributed by atoms with van der Waals surface area (Å²) in [7, 11) is 0. The number of rotatable bonds is 1. The van der Waals surface area contributed by atoms with Crippen LogP contribution >= 0.6 is 23.2 Å². The van der Waals surface area contributed by atoms with Gasteiger partial charge in [-0.25, -0.2) is 0 Å². The number of nitrogens with two attached hydrogens (primary N) is 1. The number of carbonyl (C=O) groups excluding carboxylic acids is 1. The minimum Gasteiger partial charge on any atom is -0.366 e. The van der Waals surface area contributed by atoms with Gasteiger partial charge in [0.2, 0.25) is 0 Å². The number of halogens is 2. The molecule has 0 fully saturated rings. The van der Waals surface area contributed by atoms with Gasteiger partial charge in [-0.1, -0.05) is 23.2 Å². The summed E-state index contributed by atoms with van der Waals surface area (Å²) >= 11 is 11.2. The van der Waals surface area contributed by atoms with Gasteiger partial charge in [0.1, 0.15) is 0 Å². The largest absolute Gasteiger partial charge is 0.366 e. The molecule has 0 spiro atoms. The van der Waals surface area contributed by atoms with E-state index in [1.807, 2.05) is 0 Å². The molecule has 5 heteroatoms. The Hall–Kier alpha value is -0.930. The molecule has 63 valence electrons. The standard InChI is InChI=1S/C7H5Cl2N2O/c8-3-1-4(7(11)12)6(10)5(9)2-3/h1-2,10H,(H2,11,12). The van der Waals surface area contributed by atoms with Gasteiger partial charge in [0.05, 0.1) is 16.3 Å². The molecule has 0 saturated carbocycles. The lowest BCUT2D eigenvalue weighted by Gasteiger charge is -2.02. The summed E-state index contributed by atoms with van der Waals surface area (Å²) in [4.78, 5) is 10.7. The van der Waals surface area contributed by atoms with E-state index in [-0.39, 0.29) is 16.3 Å². The topological polar surface area (TPSA) is 66.9 Å². The first-order chi connectivity index (χ1) is 5.52. The fraction of sp³-hybridized carbons (Fsp3) is 0. The van der Waals surface area contributed by atoms with Crippen LogP contribution < -0.4 is 11.5 Å². The Morgan fingerprint density at radius 2 is 2.00 bits per heavy atom. The van der Waals surface area contributed by atoms with Crippen molar-refractivity contribution in [2.24, 2.45) is 5.73 Å². The molecular formula is C7H5Cl2N2O. The summed E-state index contributed by atoms with van der Waals surface area (Å²) in [6.07, 6.45) is 0. The van der Waals surface area contributed by atoms with E-state index in [0.717, 1.165) is 0 Å². The van der Waals surface area contributed by atoms with Crippen molar-refractivity contribution in [1.29, 1.82) is 0 Å². The molecule has 1 amide bonds. The van der Waals surface area contributed by atoms with Crippen LogP contribution in [0, 0.1) is 0 Å². The maximum absolute atomic E-state index is 10.7. The lowest BCUT2D eigenvalue weighted by Crippen LogP contribution is -2.11. The third kappa shape index (κ3) is 1.62. The van der Waals surface area contributed by atoms with Crippen LogP contribution in [0.5, 0.6) is 0 Å². The number of benzene rings is 1. The SMILES string of the molecule is [NH]c1c(Cl)cc(Cl)cc1C(N)=O. The minimum absolute atomic E-state index is 0.0347. The van der Waals surface area contributed by atoms with Crippen molar-refractivity contribution in [2.75, 3.05) is 0 Å². The Morgan fingerprint density at radius 3 is 2.50 bits per heavy atom. The van der Waals surface area contributed by atoms with Crippen molar-refractivity contribution < 1.29 is 4.79 Å². The predicted molar refractivity (Wildman–Crippen MR) is 47.7 cm³/mol. The van der Waals surface area contributed by atoms with E-state index in [9.17, 15) is 4.79 Å². The van der Waals surface area contributed by atoms with E-state index >= 15 is 0 Å². The van der Waals surface area contributed by atoms with E-state index in [1.165, 1.54) is 12.1 Å². The average molecular weight is 204 g/mol. The van der Waals surface area contributed by atoms with Gasteiger partial charge in [0.15, 0.2) is 0 Å².